The standard InChI is InChI=1S/C16H23N7/c1-5-6-23-10-12(8-19-23)7-17-15-13-9-18-22(4)16(13)21-14(20-15)11(2)3/h8-11H,5-7H2,1-4H3,(H,17,20,21). The minimum absolute atomic E-state index is 0.266. The Bertz CT molecular complexity index is 800. The van der Waals surface area contributed by atoms with Crippen molar-refractivity contribution in [2.75, 3.05) is 5.32 Å². The van der Waals surface area contributed by atoms with Crippen molar-refractivity contribution in [3.63, 3.8) is 0 Å². The molecule has 0 aromatic carbocycles. The summed E-state index contributed by atoms with van der Waals surface area (Å²) in [6.07, 6.45) is 6.85. The van der Waals surface area contributed by atoms with Crippen LogP contribution in [0.5, 0.6) is 0 Å². The van der Waals surface area contributed by atoms with E-state index in [-0.39, 0.29) is 5.92 Å². The van der Waals surface area contributed by atoms with Gasteiger partial charge in [0, 0.05) is 37.8 Å². The van der Waals surface area contributed by atoms with Crippen LogP contribution in [0.1, 0.15) is 44.5 Å². The zero-order valence-corrected chi connectivity index (χ0v) is 14.1. The van der Waals surface area contributed by atoms with Crippen LogP contribution in [0.4, 0.5) is 5.82 Å². The number of nitrogens with zero attached hydrogens (tertiary/aromatic N) is 6. The molecular weight excluding hydrogens is 290 g/mol. The first-order chi connectivity index (χ1) is 11.1. The third-order valence-corrected chi connectivity index (χ3v) is 3.73. The van der Waals surface area contributed by atoms with Crippen molar-refractivity contribution < 1.29 is 0 Å². The summed E-state index contributed by atoms with van der Waals surface area (Å²) in [7, 11) is 1.90. The van der Waals surface area contributed by atoms with Gasteiger partial charge in [-0.15, -0.1) is 0 Å². The highest BCUT2D eigenvalue weighted by molar-refractivity contribution is 5.86. The van der Waals surface area contributed by atoms with Crippen LogP contribution in [0.25, 0.3) is 11.0 Å². The summed E-state index contributed by atoms with van der Waals surface area (Å²) in [5.74, 6) is 1.92. The molecule has 0 saturated heterocycles. The maximum Gasteiger partial charge on any atom is 0.163 e. The summed E-state index contributed by atoms with van der Waals surface area (Å²) in [6, 6.07) is 0. The maximum absolute atomic E-state index is 4.67. The number of nitrogens with one attached hydrogen (secondary N) is 1. The minimum atomic E-state index is 0.266. The molecule has 7 nitrogen and oxygen atoms in total. The number of aromatic nitrogens is 6. The molecule has 0 bridgehead atoms. The average molecular weight is 313 g/mol. The molecule has 3 aromatic rings. The van der Waals surface area contributed by atoms with E-state index >= 15 is 0 Å². The monoisotopic (exact) mass is 313 g/mol. The second-order valence-corrected chi connectivity index (χ2v) is 6.06. The molecule has 0 spiro atoms. The number of rotatable bonds is 6. The molecule has 0 atom stereocenters. The van der Waals surface area contributed by atoms with E-state index in [1.165, 1.54) is 0 Å². The van der Waals surface area contributed by atoms with Crippen LogP contribution in [0.3, 0.4) is 0 Å². The van der Waals surface area contributed by atoms with Crippen molar-refractivity contribution in [3.8, 4) is 0 Å². The third kappa shape index (κ3) is 3.18. The lowest BCUT2D eigenvalue weighted by Crippen LogP contribution is -2.07. The maximum atomic E-state index is 4.67. The lowest BCUT2D eigenvalue weighted by molar-refractivity contribution is 0.602. The molecule has 3 heterocycles. The first kappa shape index (κ1) is 15.5. The van der Waals surface area contributed by atoms with Crippen LogP contribution < -0.4 is 5.32 Å². The molecule has 0 radical (unpaired) electrons. The minimum Gasteiger partial charge on any atom is -0.365 e. The fourth-order valence-corrected chi connectivity index (χ4v) is 2.47. The lowest BCUT2D eigenvalue weighted by Gasteiger charge is -2.10. The van der Waals surface area contributed by atoms with Gasteiger partial charge in [-0.05, 0) is 6.42 Å². The van der Waals surface area contributed by atoms with Crippen LogP contribution in [0.15, 0.2) is 18.6 Å². The SMILES string of the molecule is CCCn1cc(CNc2nc(C(C)C)nc3c2cnn3C)cn1. The lowest BCUT2D eigenvalue weighted by atomic mass is 10.2. The van der Waals surface area contributed by atoms with Crippen molar-refractivity contribution in [2.24, 2.45) is 7.05 Å². The van der Waals surface area contributed by atoms with E-state index in [1.807, 2.05) is 24.1 Å². The summed E-state index contributed by atoms with van der Waals surface area (Å²) in [5.41, 5.74) is 1.99. The van der Waals surface area contributed by atoms with Gasteiger partial charge in [0.05, 0.1) is 17.8 Å². The summed E-state index contributed by atoms with van der Waals surface area (Å²) >= 11 is 0. The first-order valence-corrected chi connectivity index (χ1v) is 8.03. The zero-order chi connectivity index (χ0) is 16.4. The van der Waals surface area contributed by atoms with Crippen molar-refractivity contribution in [1.29, 1.82) is 0 Å². The highest BCUT2D eigenvalue weighted by Crippen LogP contribution is 2.23. The Morgan fingerprint density at radius 2 is 2.00 bits per heavy atom. The second kappa shape index (κ2) is 6.36. The van der Waals surface area contributed by atoms with Gasteiger partial charge in [-0.2, -0.15) is 10.2 Å². The van der Waals surface area contributed by atoms with Crippen LogP contribution in [-0.4, -0.2) is 29.5 Å². The van der Waals surface area contributed by atoms with E-state index in [4.69, 9.17) is 0 Å². The van der Waals surface area contributed by atoms with Gasteiger partial charge in [0.1, 0.15) is 11.6 Å². The quantitative estimate of drug-likeness (QED) is 0.757. The number of hydrogen-bond donors (Lipinski definition) is 1. The van der Waals surface area contributed by atoms with Gasteiger partial charge < -0.3 is 5.32 Å². The van der Waals surface area contributed by atoms with Crippen molar-refractivity contribution in [1.82, 2.24) is 29.5 Å². The number of hydrogen-bond acceptors (Lipinski definition) is 5. The van der Waals surface area contributed by atoms with Gasteiger partial charge in [-0.3, -0.25) is 9.36 Å². The predicted molar refractivity (Wildman–Crippen MR) is 90.2 cm³/mol. The molecule has 23 heavy (non-hydrogen) atoms. The number of anilines is 1. The average Bonchev–Trinajstić information content (AvgIpc) is 3.12. The van der Waals surface area contributed by atoms with Crippen molar-refractivity contribution in [2.45, 2.75) is 46.2 Å². The number of aryl methyl sites for hydroxylation is 2. The van der Waals surface area contributed by atoms with Crippen LogP contribution in [-0.2, 0) is 20.1 Å². The topological polar surface area (TPSA) is 73.5 Å². The largest absolute Gasteiger partial charge is 0.365 e. The van der Waals surface area contributed by atoms with Gasteiger partial charge in [-0.25, -0.2) is 9.97 Å². The molecule has 0 amide bonds. The normalized spacial score (nSPS) is 11.5. The Labute approximate surface area is 135 Å². The van der Waals surface area contributed by atoms with E-state index in [9.17, 15) is 0 Å². The Hall–Kier alpha value is -2.44. The zero-order valence-electron chi connectivity index (χ0n) is 14.1. The summed E-state index contributed by atoms with van der Waals surface area (Å²) < 4.78 is 3.75. The molecular formula is C16H23N7. The summed E-state index contributed by atoms with van der Waals surface area (Å²) in [6.45, 7) is 7.96. The molecule has 0 aliphatic heterocycles. The molecule has 3 rings (SSSR count). The molecule has 3 aromatic heterocycles. The highest BCUT2D eigenvalue weighted by atomic mass is 15.3. The second-order valence-electron chi connectivity index (χ2n) is 6.06. The number of fused-ring (bicyclic) bond motifs is 1. The van der Waals surface area contributed by atoms with Crippen LogP contribution >= 0.6 is 0 Å². The van der Waals surface area contributed by atoms with E-state index in [2.05, 4.69) is 52.5 Å². The molecule has 7 heteroatoms. The Kier molecular flexibility index (Phi) is 4.27. The Balaban J connectivity index is 1.86. The fraction of sp³-hybridized carbons (Fsp3) is 0.500. The third-order valence-electron chi connectivity index (χ3n) is 3.73. The summed E-state index contributed by atoms with van der Waals surface area (Å²) in [4.78, 5) is 9.28. The highest BCUT2D eigenvalue weighted by Gasteiger charge is 2.13. The molecule has 1 N–H and O–H groups in total. The first-order valence-electron chi connectivity index (χ1n) is 8.03. The summed E-state index contributed by atoms with van der Waals surface area (Å²) in [5, 5.41) is 13.0. The van der Waals surface area contributed by atoms with Crippen LogP contribution in [0.2, 0.25) is 0 Å². The van der Waals surface area contributed by atoms with Crippen molar-refractivity contribution >= 4 is 16.9 Å². The Morgan fingerprint density at radius 1 is 1.17 bits per heavy atom. The fourth-order valence-electron chi connectivity index (χ4n) is 2.47. The van der Waals surface area contributed by atoms with E-state index < -0.39 is 0 Å². The van der Waals surface area contributed by atoms with Crippen molar-refractivity contribution in [3.05, 3.63) is 30.0 Å². The molecule has 0 aliphatic rings. The van der Waals surface area contributed by atoms with Gasteiger partial charge in [0.25, 0.3) is 0 Å². The molecule has 0 fully saturated rings. The smallest absolute Gasteiger partial charge is 0.163 e. The van der Waals surface area contributed by atoms with E-state index in [0.717, 1.165) is 41.2 Å². The molecule has 122 valence electrons. The van der Waals surface area contributed by atoms with Crippen LogP contribution in [0, 0.1) is 0 Å². The van der Waals surface area contributed by atoms with E-state index in [0.29, 0.717) is 6.54 Å². The molecule has 0 saturated carbocycles. The Morgan fingerprint density at radius 3 is 2.74 bits per heavy atom. The van der Waals surface area contributed by atoms with Gasteiger partial charge in [0.2, 0.25) is 0 Å². The molecule has 0 aliphatic carbocycles. The van der Waals surface area contributed by atoms with Gasteiger partial charge in [0.15, 0.2) is 5.65 Å². The van der Waals surface area contributed by atoms with Gasteiger partial charge >= 0.3 is 0 Å². The predicted octanol–water partition coefficient (Wildman–Crippen LogP) is 2.71. The van der Waals surface area contributed by atoms with Gasteiger partial charge in [-0.1, -0.05) is 20.8 Å². The van der Waals surface area contributed by atoms with E-state index in [1.54, 1.807) is 4.68 Å². The molecule has 0 unspecified atom stereocenters.